The van der Waals surface area contributed by atoms with Gasteiger partial charge in [-0.25, -0.2) is 27.2 Å². The molecule has 0 unspecified atom stereocenters. The molecule has 0 saturated carbocycles. The predicted octanol–water partition coefficient (Wildman–Crippen LogP) is 9.76. The summed E-state index contributed by atoms with van der Waals surface area (Å²) >= 11 is 0. The van der Waals surface area contributed by atoms with Gasteiger partial charge in [-0.3, -0.25) is 9.79 Å². The van der Waals surface area contributed by atoms with Crippen LogP contribution in [-0.4, -0.2) is 46.1 Å². The number of rotatable bonds is 7. The molecule has 1 aromatic heterocycles. The number of hydrogen-bond donors (Lipinski definition) is 2. The largest absolute Gasteiger partial charge is 0.506 e. The van der Waals surface area contributed by atoms with Gasteiger partial charge in [0.05, 0.1) is 29.9 Å². The molecule has 0 aliphatic carbocycles. The number of carbonyl (C=O) groups excluding carboxylic acids is 2. The van der Waals surface area contributed by atoms with Crippen LogP contribution in [-0.2, 0) is 14.3 Å². The van der Waals surface area contributed by atoms with E-state index in [4.69, 9.17) is 14.2 Å². The number of fused-ring (bicyclic) bond motifs is 4. The van der Waals surface area contributed by atoms with E-state index in [1.165, 1.54) is 31.3 Å². The fourth-order valence-corrected chi connectivity index (χ4v) is 6.36. The number of phenols is 1. The Morgan fingerprint density at radius 3 is 2.07 bits per heavy atom. The molecule has 0 spiro atoms. The molecule has 2 heterocycles. The van der Waals surface area contributed by atoms with Gasteiger partial charge >= 0.3 is 11.9 Å². The van der Waals surface area contributed by atoms with Crippen LogP contribution >= 0.6 is 0 Å². The Balaban J connectivity index is 0.000000177. The van der Waals surface area contributed by atoms with Gasteiger partial charge in [0, 0.05) is 24.5 Å². The summed E-state index contributed by atoms with van der Waals surface area (Å²) < 4.78 is 72.8. The average Bonchev–Trinajstić information content (AvgIpc) is 3.20. The molecule has 1 aliphatic heterocycles. The van der Waals surface area contributed by atoms with Crippen LogP contribution < -0.4 is 10.2 Å². The maximum absolute atomic E-state index is 14.2. The highest BCUT2D eigenvalue weighted by atomic mass is 19.2. The molecule has 0 saturated heterocycles. The smallest absolute Gasteiger partial charge is 0.343 e. The summed E-state index contributed by atoms with van der Waals surface area (Å²) in [5, 5.41) is 24.0. The van der Waals surface area contributed by atoms with Gasteiger partial charge in [-0.2, -0.15) is 0 Å². The Kier molecular flexibility index (Phi) is 10.7. The lowest BCUT2D eigenvalue weighted by Crippen LogP contribution is -2.22. The van der Waals surface area contributed by atoms with Crippen molar-refractivity contribution in [1.29, 1.82) is 0 Å². The summed E-state index contributed by atoms with van der Waals surface area (Å²) in [6, 6.07) is 24.8. The maximum Gasteiger partial charge on any atom is 0.343 e. The standard InChI is InChI=1S/C22H16F3NO4.C22H14FNO4/c1-2-30-22(29)16(21(28)15-9-14(23)10-17(24)20(15)25)11-26-18-7-12-5-3-4-6-13(12)8-19(18)27;1-2-27-22(26)16-11-24-17-7-12-5-3-4-6-13(12)8-18(17)28-19-10-14(23)9-15(20(19)24)21(16)25/h3-11,27-28H,2H2,1H3;3-11H,2H2,1H3. The van der Waals surface area contributed by atoms with E-state index >= 15 is 0 Å². The van der Waals surface area contributed by atoms with Gasteiger partial charge < -0.3 is 29.0 Å². The summed E-state index contributed by atoms with van der Waals surface area (Å²) in [4.78, 5) is 41.4. The molecule has 0 atom stereocenters. The molecule has 0 amide bonds. The first kappa shape index (κ1) is 38.8. The van der Waals surface area contributed by atoms with Gasteiger partial charge in [0.1, 0.15) is 45.5 Å². The normalized spacial score (nSPS) is 12.1. The molecule has 0 radical (unpaired) electrons. The number of phenolic OH excluding ortho intramolecular Hbond substituents is 1. The molecule has 1 aliphatic rings. The van der Waals surface area contributed by atoms with Crippen LogP contribution in [0, 0.1) is 23.3 Å². The van der Waals surface area contributed by atoms with Crippen molar-refractivity contribution in [3.05, 3.63) is 153 Å². The van der Waals surface area contributed by atoms with E-state index in [1.807, 2.05) is 36.4 Å². The van der Waals surface area contributed by atoms with Gasteiger partial charge in [0.15, 0.2) is 23.1 Å². The number of nitrogens with zero attached hydrogens (tertiary/aromatic N) is 2. The zero-order chi connectivity index (χ0) is 41.2. The lowest BCUT2D eigenvalue weighted by atomic mass is 10.1. The van der Waals surface area contributed by atoms with Gasteiger partial charge in [-0.15, -0.1) is 0 Å². The van der Waals surface area contributed by atoms with Crippen molar-refractivity contribution < 1.29 is 51.6 Å². The molecule has 292 valence electrons. The van der Waals surface area contributed by atoms with Gasteiger partial charge in [0.2, 0.25) is 5.43 Å². The van der Waals surface area contributed by atoms with Crippen LogP contribution in [0.15, 0.2) is 119 Å². The second-order valence-corrected chi connectivity index (χ2v) is 12.7. The van der Waals surface area contributed by atoms with Crippen LogP contribution in [0.3, 0.4) is 0 Å². The van der Waals surface area contributed by atoms with E-state index < -0.39 is 57.5 Å². The van der Waals surface area contributed by atoms with Crippen molar-refractivity contribution in [2.45, 2.75) is 13.8 Å². The highest BCUT2D eigenvalue weighted by Gasteiger charge is 2.26. The quantitative estimate of drug-likeness (QED) is 0.0407. The summed E-state index contributed by atoms with van der Waals surface area (Å²) in [6.07, 6.45) is 2.28. The fraction of sp³-hybridized carbons (Fsp3) is 0.0909. The minimum absolute atomic E-state index is 0.0502. The van der Waals surface area contributed by atoms with Gasteiger partial charge in [-0.05, 0) is 71.8 Å². The molecule has 0 fully saturated rings. The topological polar surface area (TPSA) is 137 Å². The summed E-state index contributed by atoms with van der Waals surface area (Å²) in [5.41, 5.74) is -1.12. The van der Waals surface area contributed by atoms with Crippen molar-refractivity contribution in [2.75, 3.05) is 13.2 Å². The van der Waals surface area contributed by atoms with Gasteiger partial charge in [-0.1, -0.05) is 48.5 Å². The van der Waals surface area contributed by atoms with Crippen molar-refractivity contribution >= 4 is 62.0 Å². The number of aromatic hydroxyl groups is 1. The molecule has 2 N–H and O–H groups in total. The first-order valence-corrected chi connectivity index (χ1v) is 17.7. The number of pyridine rings is 1. The Morgan fingerprint density at radius 2 is 1.40 bits per heavy atom. The van der Waals surface area contributed by atoms with E-state index in [0.717, 1.165) is 33.8 Å². The number of hydrogen-bond acceptors (Lipinski definition) is 9. The van der Waals surface area contributed by atoms with Crippen LogP contribution in [0.2, 0.25) is 0 Å². The molecule has 6 aromatic carbocycles. The van der Waals surface area contributed by atoms with Crippen molar-refractivity contribution in [3.8, 4) is 22.9 Å². The molecule has 58 heavy (non-hydrogen) atoms. The monoisotopic (exact) mass is 790 g/mol. The fourth-order valence-electron chi connectivity index (χ4n) is 6.36. The average molecular weight is 791 g/mol. The third-order valence-corrected chi connectivity index (χ3v) is 9.00. The Hall–Kier alpha value is -7.48. The summed E-state index contributed by atoms with van der Waals surface area (Å²) in [6.45, 7) is 3.22. The lowest BCUT2D eigenvalue weighted by molar-refractivity contribution is -0.137. The number of carbonyl (C=O) groups is 2. The molecular formula is C44H30F4N2O8. The number of benzene rings is 6. The van der Waals surface area contributed by atoms with Crippen LogP contribution in [0.5, 0.6) is 17.2 Å². The Bertz CT molecular complexity index is 2940. The number of aromatic nitrogens is 1. The number of aliphatic imine (C=N–C) groups is 1. The third kappa shape index (κ3) is 7.42. The Labute approximate surface area is 326 Å². The zero-order valence-electron chi connectivity index (χ0n) is 30.6. The minimum Gasteiger partial charge on any atom is -0.506 e. The highest BCUT2D eigenvalue weighted by Crippen LogP contribution is 2.42. The summed E-state index contributed by atoms with van der Waals surface area (Å²) in [7, 11) is 0. The number of esters is 2. The van der Waals surface area contributed by atoms with E-state index in [1.54, 1.807) is 35.8 Å². The van der Waals surface area contributed by atoms with E-state index in [2.05, 4.69) is 4.99 Å². The number of halogens is 4. The van der Waals surface area contributed by atoms with E-state index in [-0.39, 0.29) is 41.3 Å². The van der Waals surface area contributed by atoms with Crippen molar-refractivity contribution in [3.63, 3.8) is 0 Å². The first-order chi connectivity index (χ1) is 27.9. The predicted molar refractivity (Wildman–Crippen MR) is 209 cm³/mol. The molecule has 10 nitrogen and oxygen atoms in total. The SMILES string of the molecule is CCOC(=O)C(C=Nc1cc2ccccc2cc1O)=C(O)c1cc(F)cc(F)c1F.CCOC(=O)c1cn2c3c(cc(F)cc3c1=O)Oc1cc3ccccc3cc1-2. The minimum atomic E-state index is -1.54. The molecule has 14 heteroatoms. The van der Waals surface area contributed by atoms with Gasteiger partial charge in [0.25, 0.3) is 0 Å². The third-order valence-electron chi connectivity index (χ3n) is 9.00. The number of ether oxygens (including phenoxy) is 3. The first-order valence-electron chi connectivity index (χ1n) is 17.7. The second-order valence-electron chi connectivity index (χ2n) is 12.7. The molecule has 8 rings (SSSR count). The van der Waals surface area contributed by atoms with Crippen molar-refractivity contribution in [2.24, 2.45) is 4.99 Å². The zero-order valence-corrected chi connectivity index (χ0v) is 30.6. The second kappa shape index (κ2) is 15.9. The molecular weight excluding hydrogens is 760 g/mol. The van der Waals surface area contributed by atoms with E-state index in [0.29, 0.717) is 29.1 Å². The van der Waals surface area contributed by atoms with Crippen LogP contribution in [0.4, 0.5) is 23.2 Å². The Morgan fingerprint density at radius 1 is 0.776 bits per heavy atom. The summed E-state index contributed by atoms with van der Waals surface area (Å²) in [5.74, 6) is -7.22. The van der Waals surface area contributed by atoms with Crippen LogP contribution in [0.25, 0.3) is 43.9 Å². The maximum atomic E-state index is 14.2. The van der Waals surface area contributed by atoms with E-state index in [9.17, 15) is 42.2 Å². The van der Waals surface area contributed by atoms with Crippen molar-refractivity contribution in [1.82, 2.24) is 4.57 Å². The lowest BCUT2D eigenvalue weighted by Gasteiger charge is -2.24. The number of aliphatic hydroxyl groups is 1. The number of aliphatic hydroxyl groups excluding tert-OH is 1. The van der Waals surface area contributed by atoms with Crippen LogP contribution in [0.1, 0.15) is 29.8 Å². The molecule has 7 aromatic rings. The highest BCUT2D eigenvalue weighted by molar-refractivity contribution is 6.15. The molecule has 0 bridgehead atoms.